The molecular weight excluding hydrogens is 292 g/mol. The zero-order chi connectivity index (χ0) is 15.5. The first-order valence-corrected chi connectivity index (χ1v) is 7.13. The summed E-state index contributed by atoms with van der Waals surface area (Å²) >= 11 is 0. The van der Waals surface area contributed by atoms with Crippen LogP contribution in [0.15, 0.2) is 68.0 Å². The number of nitrogens with zero attached hydrogens (tertiary/aromatic N) is 7. The summed E-state index contributed by atoms with van der Waals surface area (Å²) in [6.45, 7) is 0.666. The molecule has 0 saturated carbocycles. The number of nitrogens with one attached hydrogen (secondary N) is 1. The standard InChI is InChI=1S/C15H14N8/c1-3-17-14(18-4-1)23(15-19-5-2-6-20-15)10-9-22(13-23)12-21-8-7-16-11-21/h1-11,13H,12H2/q+2/p+1. The number of hydrogen-bond donors (Lipinski definition) is 1. The lowest BCUT2D eigenvalue weighted by atomic mass is 10.5. The lowest BCUT2D eigenvalue weighted by molar-refractivity contribution is -0.828. The maximum Gasteiger partial charge on any atom is 0.356 e. The van der Waals surface area contributed by atoms with E-state index in [-0.39, 0.29) is 4.48 Å². The van der Waals surface area contributed by atoms with E-state index in [9.17, 15) is 0 Å². The van der Waals surface area contributed by atoms with Gasteiger partial charge in [-0.1, -0.05) is 4.48 Å². The van der Waals surface area contributed by atoms with Crippen molar-refractivity contribution in [3.8, 4) is 0 Å². The third-order valence-corrected chi connectivity index (χ3v) is 3.52. The number of H-pyrrole nitrogens is 1. The van der Waals surface area contributed by atoms with E-state index in [2.05, 4.69) is 24.9 Å². The minimum Gasteiger partial charge on any atom is -0.250 e. The van der Waals surface area contributed by atoms with Crippen molar-refractivity contribution in [2.75, 3.05) is 0 Å². The fourth-order valence-corrected chi connectivity index (χ4v) is 2.47. The van der Waals surface area contributed by atoms with Crippen LogP contribution in [0.3, 0.4) is 0 Å². The second-order valence-electron chi connectivity index (χ2n) is 5.07. The van der Waals surface area contributed by atoms with E-state index in [1.807, 2.05) is 46.6 Å². The van der Waals surface area contributed by atoms with Crippen molar-refractivity contribution < 1.29 is 9.14 Å². The van der Waals surface area contributed by atoms with Gasteiger partial charge in [0.05, 0.1) is 0 Å². The monoisotopic (exact) mass is 307 g/mol. The Morgan fingerprint density at radius 2 is 1.61 bits per heavy atom. The molecule has 0 fully saturated rings. The van der Waals surface area contributed by atoms with Gasteiger partial charge in [-0.15, -0.1) is 4.58 Å². The minimum atomic E-state index is 0.145. The molecule has 3 aromatic heterocycles. The Morgan fingerprint density at radius 3 is 2.17 bits per heavy atom. The van der Waals surface area contributed by atoms with Crippen molar-refractivity contribution in [3.05, 3.63) is 68.0 Å². The van der Waals surface area contributed by atoms with Crippen LogP contribution in [0.4, 0.5) is 11.9 Å². The minimum absolute atomic E-state index is 0.145. The smallest absolute Gasteiger partial charge is 0.250 e. The molecule has 0 spiro atoms. The van der Waals surface area contributed by atoms with E-state index >= 15 is 0 Å². The van der Waals surface area contributed by atoms with Crippen LogP contribution in [0.1, 0.15) is 0 Å². The van der Waals surface area contributed by atoms with Crippen molar-refractivity contribution >= 4 is 18.2 Å². The number of hydrogen-bond acceptors (Lipinski definition) is 4. The van der Waals surface area contributed by atoms with E-state index in [4.69, 9.17) is 0 Å². The lowest BCUT2D eigenvalue weighted by Gasteiger charge is -2.17. The molecule has 0 aromatic carbocycles. The van der Waals surface area contributed by atoms with Crippen molar-refractivity contribution in [1.29, 1.82) is 0 Å². The Kier molecular flexibility index (Phi) is 3.21. The first-order valence-electron chi connectivity index (χ1n) is 7.13. The predicted octanol–water partition coefficient (Wildman–Crippen LogP) is 0.704. The van der Waals surface area contributed by atoms with Crippen molar-refractivity contribution in [2.24, 2.45) is 0 Å². The van der Waals surface area contributed by atoms with Gasteiger partial charge < -0.3 is 0 Å². The van der Waals surface area contributed by atoms with Gasteiger partial charge in [0.2, 0.25) is 12.5 Å². The molecule has 8 nitrogen and oxygen atoms in total. The van der Waals surface area contributed by atoms with Crippen LogP contribution >= 0.6 is 0 Å². The highest BCUT2D eigenvalue weighted by atomic mass is 15.5. The highest BCUT2D eigenvalue weighted by Crippen LogP contribution is 2.28. The Morgan fingerprint density at radius 1 is 0.957 bits per heavy atom. The largest absolute Gasteiger partial charge is 0.356 e. The van der Waals surface area contributed by atoms with Crippen LogP contribution in [-0.2, 0) is 6.67 Å². The molecule has 3 aromatic rings. The van der Waals surface area contributed by atoms with Gasteiger partial charge in [-0.3, -0.25) is 4.98 Å². The first kappa shape index (κ1) is 13.4. The summed E-state index contributed by atoms with van der Waals surface area (Å²) in [5.41, 5.74) is 0. The van der Waals surface area contributed by atoms with Crippen molar-refractivity contribution in [2.45, 2.75) is 6.67 Å². The van der Waals surface area contributed by atoms with E-state index < -0.39 is 0 Å². The van der Waals surface area contributed by atoms with E-state index in [1.165, 1.54) is 0 Å². The third kappa shape index (κ3) is 2.40. The predicted molar refractivity (Wildman–Crippen MR) is 82.0 cm³/mol. The Bertz CT molecular complexity index is 800. The normalized spacial score (nSPS) is 15.6. The molecule has 0 bridgehead atoms. The average molecular weight is 307 g/mol. The fourth-order valence-electron chi connectivity index (χ4n) is 2.47. The molecule has 23 heavy (non-hydrogen) atoms. The Labute approximate surface area is 132 Å². The summed E-state index contributed by atoms with van der Waals surface area (Å²) in [6.07, 6.45) is 18.6. The fraction of sp³-hybridized carbons (Fsp3) is 0.0667. The van der Waals surface area contributed by atoms with Crippen LogP contribution in [-0.4, -0.2) is 35.8 Å². The van der Waals surface area contributed by atoms with Crippen molar-refractivity contribution in [3.63, 3.8) is 0 Å². The van der Waals surface area contributed by atoms with Crippen LogP contribution in [0.5, 0.6) is 0 Å². The summed E-state index contributed by atoms with van der Waals surface area (Å²) in [7, 11) is 0. The van der Waals surface area contributed by atoms with Gasteiger partial charge in [0, 0.05) is 24.8 Å². The van der Waals surface area contributed by atoms with Gasteiger partial charge >= 0.3 is 18.2 Å². The lowest BCUT2D eigenvalue weighted by Crippen LogP contribution is -2.42. The van der Waals surface area contributed by atoms with Gasteiger partial charge in [-0.25, -0.2) is 0 Å². The number of rotatable bonds is 4. The second kappa shape index (κ2) is 5.50. The topological polar surface area (TPSA) is 74.2 Å². The second-order valence-corrected chi connectivity index (χ2v) is 5.07. The summed E-state index contributed by atoms with van der Waals surface area (Å²) in [5.74, 6) is 1.19. The molecule has 0 amide bonds. The molecule has 4 rings (SSSR count). The molecule has 0 atom stereocenters. The highest BCUT2D eigenvalue weighted by Gasteiger charge is 2.45. The van der Waals surface area contributed by atoms with Gasteiger partial charge in [-0.05, 0) is 12.1 Å². The molecule has 112 valence electrons. The molecule has 0 saturated heterocycles. The van der Waals surface area contributed by atoms with Gasteiger partial charge in [0.15, 0.2) is 6.20 Å². The molecule has 4 heterocycles. The zero-order valence-electron chi connectivity index (χ0n) is 12.3. The Hall–Kier alpha value is -3.26. The summed E-state index contributed by atoms with van der Waals surface area (Å²) in [5, 5.41) is 0. The Balaban J connectivity index is 1.79. The molecule has 8 heteroatoms. The molecule has 0 radical (unpaired) electrons. The van der Waals surface area contributed by atoms with Crippen LogP contribution in [0, 0.1) is 0 Å². The molecule has 1 aliphatic rings. The van der Waals surface area contributed by atoms with E-state index in [0.717, 1.165) is 0 Å². The first-order chi connectivity index (χ1) is 11.4. The van der Waals surface area contributed by atoms with Gasteiger partial charge in [-0.2, -0.15) is 24.5 Å². The quantitative estimate of drug-likeness (QED) is 0.569. The van der Waals surface area contributed by atoms with Crippen LogP contribution < -0.4 is 9.05 Å². The number of aromatic amines is 1. The summed E-state index contributed by atoms with van der Waals surface area (Å²) in [4.78, 5) is 20.6. The molecular formula is C15H15N8+3. The molecule has 0 aliphatic carbocycles. The SMILES string of the molecule is C1=C[N+](c2ncccn2)(c2ncccn2)C=[N+]1C[n+]1cc[nH]c1. The zero-order valence-corrected chi connectivity index (χ0v) is 12.3. The maximum absolute atomic E-state index is 4.40. The highest BCUT2D eigenvalue weighted by molar-refractivity contribution is 5.78. The molecule has 0 unspecified atom stereocenters. The number of aromatic nitrogens is 6. The van der Waals surface area contributed by atoms with Crippen molar-refractivity contribution in [1.82, 2.24) is 29.4 Å². The van der Waals surface area contributed by atoms with Gasteiger partial charge in [0.25, 0.3) is 6.67 Å². The average Bonchev–Trinajstić information content (AvgIpc) is 3.28. The summed E-state index contributed by atoms with van der Waals surface area (Å²) < 4.78 is 4.21. The van der Waals surface area contributed by atoms with Crippen LogP contribution in [0.2, 0.25) is 0 Å². The van der Waals surface area contributed by atoms with Crippen LogP contribution in [0.25, 0.3) is 0 Å². The molecule has 1 N–H and O–H groups in total. The number of quaternary nitrogens is 1. The maximum atomic E-state index is 4.40. The van der Waals surface area contributed by atoms with E-state index in [1.54, 1.807) is 36.9 Å². The number of imidazole rings is 1. The summed E-state index contributed by atoms with van der Waals surface area (Å²) in [6, 6.07) is 3.58. The van der Waals surface area contributed by atoms with Gasteiger partial charge in [0.1, 0.15) is 12.4 Å². The van der Waals surface area contributed by atoms with E-state index in [0.29, 0.717) is 18.6 Å². The molecule has 1 aliphatic heterocycles. The third-order valence-electron chi connectivity index (χ3n) is 3.52.